The number of aromatic nitrogens is 2. The van der Waals surface area contributed by atoms with Crippen molar-refractivity contribution in [1.82, 2.24) is 15.5 Å². The molecule has 1 aromatic heterocycles. The summed E-state index contributed by atoms with van der Waals surface area (Å²) in [6.45, 7) is 1.63. The molecule has 1 aliphatic rings. The Morgan fingerprint density at radius 2 is 1.74 bits per heavy atom. The van der Waals surface area contributed by atoms with E-state index in [-0.39, 0.29) is 11.5 Å². The van der Waals surface area contributed by atoms with Gasteiger partial charge in [-0.2, -0.15) is 5.10 Å². The van der Waals surface area contributed by atoms with Gasteiger partial charge in [0.1, 0.15) is 11.6 Å². The lowest BCUT2D eigenvalue weighted by atomic mass is 9.88. The number of hydrogen-bond donors (Lipinski definition) is 2. The molecule has 0 bridgehead atoms. The molecule has 19 heavy (non-hydrogen) atoms. The number of piperidine rings is 1. The lowest BCUT2D eigenvalue weighted by Crippen LogP contribution is -2.27. The van der Waals surface area contributed by atoms with Crippen LogP contribution in [0, 0.1) is 11.6 Å². The summed E-state index contributed by atoms with van der Waals surface area (Å²) in [7, 11) is 0. The number of hydrogen-bond acceptors (Lipinski definition) is 2. The number of halogens is 2. The molecule has 0 saturated carbocycles. The molecule has 1 aromatic carbocycles. The predicted octanol–water partition coefficient (Wildman–Crippen LogP) is 2.82. The second kappa shape index (κ2) is 5.09. The van der Waals surface area contributed by atoms with E-state index in [0.29, 0.717) is 11.1 Å². The predicted molar refractivity (Wildman–Crippen MR) is 68.8 cm³/mol. The first kappa shape index (κ1) is 12.3. The van der Waals surface area contributed by atoms with Crippen LogP contribution in [0.1, 0.15) is 24.3 Å². The minimum Gasteiger partial charge on any atom is -0.317 e. The fourth-order valence-electron chi connectivity index (χ4n) is 2.66. The zero-order valence-corrected chi connectivity index (χ0v) is 10.4. The zero-order chi connectivity index (χ0) is 13.2. The molecular weight excluding hydrogens is 248 g/mol. The van der Waals surface area contributed by atoms with Crippen LogP contribution in [-0.4, -0.2) is 23.3 Å². The Labute approximate surface area is 110 Å². The number of H-pyrrole nitrogens is 1. The summed E-state index contributed by atoms with van der Waals surface area (Å²) in [5.41, 5.74) is 1.44. The molecule has 0 aliphatic carbocycles. The van der Waals surface area contributed by atoms with Gasteiger partial charge in [0.2, 0.25) is 0 Å². The Morgan fingerprint density at radius 3 is 2.32 bits per heavy atom. The molecule has 1 aliphatic heterocycles. The third-order valence-electron chi connectivity index (χ3n) is 3.66. The maximum atomic E-state index is 14.2. The number of benzene rings is 1. The maximum absolute atomic E-state index is 14.2. The topological polar surface area (TPSA) is 40.7 Å². The molecule has 1 saturated heterocycles. The van der Waals surface area contributed by atoms with E-state index in [1.165, 1.54) is 12.1 Å². The van der Waals surface area contributed by atoms with E-state index in [2.05, 4.69) is 15.5 Å². The molecule has 3 rings (SSSR count). The van der Waals surface area contributed by atoms with Gasteiger partial charge in [-0.15, -0.1) is 0 Å². The Kier molecular flexibility index (Phi) is 3.29. The standard InChI is InChI=1S/C14H15F2N3/c15-12-5-10(11-7-18-19-8-11)6-13(16)14(12)9-1-3-17-4-2-9/h5-9,17H,1-4H2,(H,18,19). The van der Waals surface area contributed by atoms with Crippen molar-refractivity contribution in [2.45, 2.75) is 18.8 Å². The molecule has 2 aromatic rings. The molecule has 0 spiro atoms. The van der Waals surface area contributed by atoms with Gasteiger partial charge in [0.15, 0.2) is 0 Å². The van der Waals surface area contributed by atoms with Crippen molar-refractivity contribution in [3.8, 4) is 11.1 Å². The first-order valence-corrected chi connectivity index (χ1v) is 6.44. The third-order valence-corrected chi connectivity index (χ3v) is 3.66. The van der Waals surface area contributed by atoms with Crippen LogP contribution in [0.4, 0.5) is 8.78 Å². The molecular formula is C14H15F2N3. The fraction of sp³-hybridized carbons (Fsp3) is 0.357. The van der Waals surface area contributed by atoms with Gasteiger partial charge in [-0.25, -0.2) is 8.78 Å². The summed E-state index contributed by atoms with van der Waals surface area (Å²) >= 11 is 0. The molecule has 1 fully saturated rings. The highest BCUT2D eigenvalue weighted by Crippen LogP contribution is 2.32. The quantitative estimate of drug-likeness (QED) is 0.874. The smallest absolute Gasteiger partial charge is 0.130 e. The van der Waals surface area contributed by atoms with E-state index >= 15 is 0 Å². The minimum atomic E-state index is -0.455. The van der Waals surface area contributed by atoms with E-state index in [9.17, 15) is 8.78 Å². The summed E-state index contributed by atoms with van der Waals surface area (Å²) in [4.78, 5) is 0. The monoisotopic (exact) mass is 263 g/mol. The van der Waals surface area contributed by atoms with Gasteiger partial charge in [0.25, 0.3) is 0 Å². The number of rotatable bonds is 2. The van der Waals surface area contributed by atoms with Crippen molar-refractivity contribution in [2.24, 2.45) is 0 Å². The van der Waals surface area contributed by atoms with Crippen molar-refractivity contribution >= 4 is 0 Å². The van der Waals surface area contributed by atoms with Crippen molar-refractivity contribution in [3.63, 3.8) is 0 Å². The van der Waals surface area contributed by atoms with Crippen LogP contribution < -0.4 is 5.32 Å². The van der Waals surface area contributed by atoms with Crippen molar-refractivity contribution in [1.29, 1.82) is 0 Å². The van der Waals surface area contributed by atoms with Crippen LogP contribution in [0.3, 0.4) is 0 Å². The third kappa shape index (κ3) is 2.38. The summed E-state index contributed by atoms with van der Waals surface area (Å²) < 4.78 is 28.4. The van der Waals surface area contributed by atoms with Gasteiger partial charge in [-0.3, -0.25) is 5.10 Å². The first-order valence-electron chi connectivity index (χ1n) is 6.44. The molecule has 0 radical (unpaired) electrons. The van der Waals surface area contributed by atoms with Crippen LogP contribution in [-0.2, 0) is 0 Å². The Morgan fingerprint density at radius 1 is 1.05 bits per heavy atom. The highest BCUT2D eigenvalue weighted by atomic mass is 19.1. The van der Waals surface area contributed by atoms with Crippen molar-refractivity contribution in [2.75, 3.05) is 13.1 Å². The number of nitrogens with zero attached hydrogens (tertiary/aromatic N) is 1. The summed E-state index contributed by atoms with van der Waals surface area (Å²) in [6, 6.07) is 2.79. The van der Waals surface area contributed by atoms with Crippen LogP contribution in [0.25, 0.3) is 11.1 Å². The van der Waals surface area contributed by atoms with E-state index in [0.717, 1.165) is 25.9 Å². The molecule has 2 heterocycles. The van der Waals surface area contributed by atoms with Crippen LogP contribution in [0.5, 0.6) is 0 Å². The molecule has 100 valence electrons. The molecule has 2 N–H and O–H groups in total. The molecule has 0 amide bonds. The summed E-state index contributed by atoms with van der Waals surface area (Å²) in [6.07, 6.45) is 4.73. The fourth-order valence-corrected chi connectivity index (χ4v) is 2.66. The largest absolute Gasteiger partial charge is 0.317 e. The van der Waals surface area contributed by atoms with Crippen LogP contribution in [0.2, 0.25) is 0 Å². The van der Waals surface area contributed by atoms with Gasteiger partial charge in [-0.1, -0.05) is 0 Å². The second-order valence-electron chi connectivity index (χ2n) is 4.86. The van der Waals surface area contributed by atoms with Crippen LogP contribution in [0.15, 0.2) is 24.5 Å². The van der Waals surface area contributed by atoms with Gasteiger partial charge < -0.3 is 5.32 Å². The van der Waals surface area contributed by atoms with Gasteiger partial charge in [0.05, 0.1) is 6.20 Å². The molecule has 5 heteroatoms. The van der Waals surface area contributed by atoms with E-state index in [1.54, 1.807) is 12.4 Å². The van der Waals surface area contributed by atoms with Gasteiger partial charge in [-0.05, 0) is 49.5 Å². The zero-order valence-electron chi connectivity index (χ0n) is 10.4. The molecule has 3 nitrogen and oxygen atoms in total. The number of nitrogens with one attached hydrogen (secondary N) is 2. The highest BCUT2D eigenvalue weighted by Gasteiger charge is 2.23. The number of aromatic amines is 1. The second-order valence-corrected chi connectivity index (χ2v) is 4.86. The van der Waals surface area contributed by atoms with Gasteiger partial charge in [0, 0.05) is 17.3 Å². The van der Waals surface area contributed by atoms with E-state index < -0.39 is 11.6 Å². The normalized spacial score (nSPS) is 16.7. The van der Waals surface area contributed by atoms with Crippen molar-refractivity contribution < 1.29 is 8.78 Å². The Bertz CT molecular complexity index is 537. The van der Waals surface area contributed by atoms with Crippen molar-refractivity contribution in [3.05, 3.63) is 41.7 Å². The Balaban J connectivity index is 1.98. The lowest BCUT2D eigenvalue weighted by Gasteiger charge is -2.24. The first-order chi connectivity index (χ1) is 9.25. The van der Waals surface area contributed by atoms with E-state index in [4.69, 9.17) is 0 Å². The summed E-state index contributed by atoms with van der Waals surface area (Å²) in [5.74, 6) is -0.939. The Hall–Kier alpha value is -1.75. The average Bonchev–Trinajstić information content (AvgIpc) is 2.93. The molecule has 0 unspecified atom stereocenters. The van der Waals surface area contributed by atoms with Crippen LogP contribution >= 0.6 is 0 Å². The van der Waals surface area contributed by atoms with Gasteiger partial charge >= 0.3 is 0 Å². The highest BCUT2D eigenvalue weighted by molar-refractivity contribution is 5.62. The van der Waals surface area contributed by atoms with E-state index in [1.807, 2.05) is 0 Å². The average molecular weight is 263 g/mol. The molecule has 0 atom stereocenters. The maximum Gasteiger partial charge on any atom is 0.130 e. The lowest BCUT2D eigenvalue weighted by molar-refractivity contribution is 0.427. The summed E-state index contributed by atoms with van der Waals surface area (Å²) in [5, 5.41) is 9.63. The minimum absolute atomic E-state index is 0.0281. The SMILES string of the molecule is Fc1cc(-c2cn[nH]c2)cc(F)c1C1CCNCC1.